The number of aryl methyl sites for hydroxylation is 1. The van der Waals surface area contributed by atoms with Crippen LogP contribution in [0.3, 0.4) is 0 Å². The molecule has 2 aromatic heterocycles. The van der Waals surface area contributed by atoms with Crippen LogP contribution in [-0.4, -0.2) is 14.4 Å². The molecule has 0 atom stereocenters. The van der Waals surface area contributed by atoms with Crippen molar-refractivity contribution in [3.8, 4) is 0 Å². The Morgan fingerprint density at radius 2 is 2.06 bits per heavy atom. The van der Waals surface area contributed by atoms with Crippen LogP contribution in [0.4, 0.5) is 0 Å². The van der Waals surface area contributed by atoms with Crippen molar-refractivity contribution in [1.82, 2.24) is 9.38 Å². The zero-order valence-electron chi connectivity index (χ0n) is 11.3. The maximum Gasteiger partial charge on any atom is 0.137 e. The standard InChI is InChI=1S/C14H19N3S/c1-9-6-5-7-12-16-13(14(2,3)4)10(17(9)12)8-11(15)18/h5-7H,8H2,1-4H3,(H2,15,18). The summed E-state index contributed by atoms with van der Waals surface area (Å²) in [6.07, 6.45) is 0.591. The van der Waals surface area contributed by atoms with E-state index in [1.165, 1.54) is 0 Å². The molecule has 96 valence electrons. The first kappa shape index (κ1) is 13.0. The zero-order valence-corrected chi connectivity index (χ0v) is 12.1. The van der Waals surface area contributed by atoms with Gasteiger partial charge in [0.05, 0.1) is 16.4 Å². The van der Waals surface area contributed by atoms with Crippen LogP contribution >= 0.6 is 12.2 Å². The first-order chi connectivity index (χ1) is 8.30. The lowest BCUT2D eigenvalue weighted by Gasteiger charge is -2.18. The molecule has 0 saturated heterocycles. The van der Waals surface area contributed by atoms with E-state index in [1.54, 1.807) is 0 Å². The number of nitrogens with zero attached hydrogens (tertiary/aromatic N) is 2. The third-order valence-electron chi connectivity index (χ3n) is 2.99. The van der Waals surface area contributed by atoms with Gasteiger partial charge in [0, 0.05) is 17.5 Å². The number of hydrogen-bond donors (Lipinski definition) is 1. The number of imidazole rings is 1. The lowest BCUT2D eigenvalue weighted by Crippen LogP contribution is -2.19. The highest BCUT2D eigenvalue weighted by Crippen LogP contribution is 2.27. The van der Waals surface area contributed by atoms with E-state index < -0.39 is 0 Å². The number of hydrogen-bond acceptors (Lipinski definition) is 2. The SMILES string of the molecule is Cc1cccc2nc(C(C)(C)C)c(CC(N)=S)n12. The Balaban J connectivity index is 2.78. The second-order valence-electron chi connectivity index (χ2n) is 5.66. The predicted octanol–water partition coefficient (Wildman–Crippen LogP) is 2.77. The first-order valence-corrected chi connectivity index (χ1v) is 6.47. The topological polar surface area (TPSA) is 43.3 Å². The summed E-state index contributed by atoms with van der Waals surface area (Å²) in [7, 11) is 0. The molecule has 0 aliphatic carbocycles. The minimum atomic E-state index is -0.0153. The summed E-state index contributed by atoms with van der Waals surface area (Å²) < 4.78 is 2.15. The Bertz CT molecular complexity index is 605. The number of rotatable bonds is 2. The third kappa shape index (κ3) is 2.25. The van der Waals surface area contributed by atoms with Gasteiger partial charge in [0.1, 0.15) is 5.65 Å². The fourth-order valence-corrected chi connectivity index (χ4v) is 2.39. The minimum absolute atomic E-state index is 0.0153. The predicted molar refractivity (Wildman–Crippen MR) is 79.1 cm³/mol. The van der Waals surface area contributed by atoms with Gasteiger partial charge >= 0.3 is 0 Å². The molecule has 2 heterocycles. The highest BCUT2D eigenvalue weighted by atomic mass is 32.1. The van der Waals surface area contributed by atoms with Gasteiger partial charge in [-0.3, -0.25) is 0 Å². The highest BCUT2D eigenvalue weighted by molar-refractivity contribution is 7.80. The van der Waals surface area contributed by atoms with Gasteiger partial charge in [0.15, 0.2) is 0 Å². The molecule has 2 N–H and O–H groups in total. The summed E-state index contributed by atoms with van der Waals surface area (Å²) in [6, 6.07) is 6.12. The van der Waals surface area contributed by atoms with Gasteiger partial charge in [-0.25, -0.2) is 4.98 Å². The van der Waals surface area contributed by atoms with Gasteiger partial charge in [-0.2, -0.15) is 0 Å². The van der Waals surface area contributed by atoms with Crippen molar-refractivity contribution >= 4 is 22.9 Å². The molecule has 2 aromatic rings. The number of fused-ring (bicyclic) bond motifs is 1. The average Bonchev–Trinajstić information content (AvgIpc) is 2.57. The molecule has 0 bridgehead atoms. The van der Waals surface area contributed by atoms with Crippen LogP contribution in [0.2, 0.25) is 0 Å². The summed E-state index contributed by atoms with van der Waals surface area (Å²) >= 11 is 5.07. The van der Waals surface area contributed by atoms with Crippen molar-refractivity contribution in [2.45, 2.75) is 39.5 Å². The van der Waals surface area contributed by atoms with Crippen LogP contribution in [0.25, 0.3) is 5.65 Å². The first-order valence-electron chi connectivity index (χ1n) is 6.06. The van der Waals surface area contributed by atoms with Crippen molar-refractivity contribution in [2.75, 3.05) is 0 Å². The lowest BCUT2D eigenvalue weighted by atomic mass is 9.90. The second-order valence-corrected chi connectivity index (χ2v) is 6.19. The van der Waals surface area contributed by atoms with Crippen LogP contribution in [0, 0.1) is 6.92 Å². The number of pyridine rings is 1. The van der Waals surface area contributed by atoms with Gasteiger partial charge < -0.3 is 10.1 Å². The molecule has 4 heteroatoms. The Morgan fingerprint density at radius 3 is 2.61 bits per heavy atom. The van der Waals surface area contributed by atoms with Gasteiger partial charge in [-0.1, -0.05) is 39.1 Å². The highest BCUT2D eigenvalue weighted by Gasteiger charge is 2.24. The van der Waals surface area contributed by atoms with Crippen molar-refractivity contribution in [1.29, 1.82) is 0 Å². The monoisotopic (exact) mass is 261 g/mol. The molecule has 0 unspecified atom stereocenters. The third-order valence-corrected chi connectivity index (χ3v) is 3.13. The fourth-order valence-electron chi connectivity index (χ4n) is 2.25. The minimum Gasteiger partial charge on any atom is -0.393 e. The van der Waals surface area contributed by atoms with Crippen molar-refractivity contribution in [3.63, 3.8) is 0 Å². The molecule has 0 amide bonds. The molecule has 0 spiro atoms. The van der Waals surface area contributed by atoms with Gasteiger partial charge in [0.25, 0.3) is 0 Å². The maximum atomic E-state index is 5.73. The molecule has 0 aliphatic heterocycles. The summed E-state index contributed by atoms with van der Waals surface area (Å²) in [4.78, 5) is 5.25. The van der Waals surface area contributed by atoms with Gasteiger partial charge in [0.2, 0.25) is 0 Å². The zero-order chi connectivity index (χ0) is 13.5. The maximum absolute atomic E-state index is 5.73. The molecule has 3 nitrogen and oxygen atoms in total. The van der Waals surface area contributed by atoms with E-state index in [9.17, 15) is 0 Å². The van der Waals surface area contributed by atoms with E-state index in [0.29, 0.717) is 11.4 Å². The normalized spacial score (nSPS) is 12.0. The molecule has 0 aliphatic rings. The molecule has 0 fully saturated rings. The van der Waals surface area contributed by atoms with E-state index in [1.807, 2.05) is 12.1 Å². The Morgan fingerprint density at radius 1 is 1.39 bits per heavy atom. The lowest BCUT2D eigenvalue weighted by molar-refractivity contribution is 0.567. The molecular formula is C14H19N3S. The Labute approximate surface area is 113 Å². The average molecular weight is 261 g/mol. The Kier molecular flexibility index (Phi) is 3.15. The number of thiocarbonyl (C=S) groups is 1. The largest absolute Gasteiger partial charge is 0.393 e. The van der Waals surface area contributed by atoms with E-state index in [0.717, 1.165) is 22.7 Å². The fraction of sp³-hybridized carbons (Fsp3) is 0.429. The molecular weight excluding hydrogens is 242 g/mol. The van der Waals surface area contributed by atoms with Crippen LogP contribution in [-0.2, 0) is 11.8 Å². The summed E-state index contributed by atoms with van der Waals surface area (Å²) in [5.74, 6) is 0. The van der Waals surface area contributed by atoms with Crippen molar-refractivity contribution in [3.05, 3.63) is 35.3 Å². The van der Waals surface area contributed by atoms with Gasteiger partial charge in [-0.15, -0.1) is 0 Å². The van der Waals surface area contributed by atoms with Crippen LogP contribution in [0.5, 0.6) is 0 Å². The van der Waals surface area contributed by atoms with Crippen LogP contribution in [0.1, 0.15) is 37.9 Å². The van der Waals surface area contributed by atoms with Crippen molar-refractivity contribution < 1.29 is 0 Å². The molecule has 0 saturated carbocycles. The van der Waals surface area contributed by atoms with Crippen molar-refractivity contribution in [2.24, 2.45) is 5.73 Å². The number of aromatic nitrogens is 2. The summed E-state index contributed by atoms with van der Waals surface area (Å²) in [6.45, 7) is 8.55. The quantitative estimate of drug-likeness (QED) is 0.845. The van der Waals surface area contributed by atoms with E-state index >= 15 is 0 Å². The van der Waals surface area contributed by atoms with E-state index in [2.05, 4.69) is 38.2 Å². The molecule has 0 radical (unpaired) electrons. The number of nitrogens with two attached hydrogens (primary N) is 1. The van der Waals surface area contributed by atoms with E-state index in [4.69, 9.17) is 22.9 Å². The van der Waals surface area contributed by atoms with Crippen LogP contribution < -0.4 is 5.73 Å². The summed E-state index contributed by atoms with van der Waals surface area (Å²) in [5.41, 5.74) is 10.0. The molecule has 0 aromatic carbocycles. The molecule has 18 heavy (non-hydrogen) atoms. The van der Waals surface area contributed by atoms with E-state index in [-0.39, 0.29) is 5.41 Å². The smallest absolute Gasteiger partial charge is 0.137 e. The molecule has 2 rings (SSSR count). The second kappa shape index (κ2) is 4.35. The van der Waals surface area contributed by atoms with Gasteiger partial charge in [-0.05, 0) is 19.1 Å². The van der Waals surface area contributed by atoms with Crippen LogP contribution in [0.15, 0.2) is 18.2 Å². The Hall–Kier alpha value is -1.42. The summed E-state index contributed by atoms with van der Waals surface area (Å²) in [5, 5.41) is 0.